The molecular weight excluding hydrogens is 277 g/mol. The number of aromatic nitrogens is 1. The molecule has 2 aromatic rings. The monoisotopic (exact) mass is 285 g/mol. The lowest BCUT2D eigenvalue weighted by Crippen LogP contribution is -2.00. The van der Waals surface area contributed by atoms with Crippen molar-refractivity contribution in [2.24, 2.45) is 0 Å². The highest BCUT2D eigenvalue weighted by molar-refractivity contribution is 6.30. The molecule has 5 nitrogen and oxygen atoms in total. The highest BCUT2D eigenvalue weighted by Crippen LogP contribution is 2.27. The lowest BCUT2D eigenvalue weighted by Gasteiger charge is -1.98. The molecule has 0 radical (unpaired) electrons. The van der Waals surface area contributed by atoms with Gasteiger partial charge in [0.15, 0.2) is 0 Å². The molecule has 1 aromatic heterocycles. The van der Waals surface area contributed by atoms with Crippen LogP contribution in [0.1, 0.15) is 16.2 Å². The Morgan fingerprint density at radius 1 is 1.58 bits per heavy atom. The largest absolute Gasteiger partial charge is 0.475 e. The molecule has 1 heterocycles. The SMILES string of the molecule is COCc1nc(-c2cc(Cl)ccc2F)oc1C(=O)O. The van der Waals surface area contributed by atoms with Crippen molar-refractivity contribution in [3.05, 3.63) is 40.5 Å². The van der Waals surface area contributed by atoms with E-state index in [0.29, 0.717) is 5.02 Å². The molecule has 0 spiro atoms. The Bertz CT molecular complexity index is 626. The van der Waals surface area contributed by atoms with E-state index < -0.39 is 11.8 Å². The number of aromatic carboxylic acids is 1. The van der Waals surface area contributed by atoms with Crippen LogP contribution in [0.2, 0.25) is 5.02 Å². The maximum absolute atomic E-state index is 13.6. The van der Waals surface area contributed by atoms with E-state index in [-0.39, 0.29) is 29.5 Å². The van der Waals surface area contributed by atoms with Crippen LogP contribution in [0.25, 0.3) is 11.5 Å². The minimum Gasteiger partial charge on any atom is -0.475 e. The number of carboxylic acid groups (broad SMARTS) is 1. The number of ether oxygens (including phenoxy) is 1. The van der Waals surface area contributed by atoms with Gasteiger partial charge in [-0.2, -0.15) is 0 Å². The standard InChI is InChI=1S/C12H9ClFNO4/c1-18-5-9-10(12(16)17)19-11(15-9)7-4-6(13)2-3-8(7)14/h2-4H,5H2,1H3,(H,16,17). The van der Waals surface area contributed by atoms with Crippen LogP contribution >= 0.6 is 11.6 Å². The van der Waals surface area contributed by atoms with Gasteiger partial charge >= 0.3 is 5.97 Å². The average molecular weight is 286 g/mol. The summed E-state index contributed by atoms with van der Waals surface area (Å²) in [6.07, 6.45) is 0. The first kappa shape index (κ1) is 13.5. The van der Waals surface area contributed by atoms with Gasteiger partial charge in [-0.05, 0) is 18.2 Å². The fraction of sp³-hybridized carbons (Fsp3) is 0.167. The van der Waals surface area contributed by atoms with Crippen molar-refractivity contribution in [3.8, 4) is 11.5 Å². The van der Waals surface area contributed by atoms with Crippen LogP contribution in [0.4, 0.5) is 4.39 Å². The number of methoxy groups -OCH3 is 1. The Labute approximate surface area is 112 Å². The molecule has 0 amide bonds. The van der Waals surface area contributed by atoms with Gasteiger partial charge in [-0.25, -0.2) is 14.2 Å². The average Bonchev–Trinajstić information content (AvgIpc) is 2.77. The van der Waals surface area contributed by atoms with Gasteiger partial charge in [0.05, 0.1) is 12.2 Å². The van der Waals surface area contributed by atoms with Crippen molar-refractivity contribution >= 4 is 17.6 Å². The van der Waals surface area contributed by atoms with Crippen molar-refractivity contribution < 1.29 is 23.4 Å². The van der Waals surface area contributed by atoms with Gasteiger partial charge in [0.25, 0.3) is 0 Å². The van der Waals surface area contributed by atoms with Crippen LogP contribution in [-0.2, 0) is 11.3 Å². The minimum absolute atomic E-state index is 0.00245. The molecule has 0 saturated carbocycles. The minimum atomic E-state index is -1.30. The highest BCUT2D eigenvalue weighted by atomic mass is 35.5. The fourth-order valence-corrected chi connectivity index (χ4v) is 1.70. The second-order valence-electron chi connectivity index (χ2n) is 3.66. The number of rotatable bonds is 4. The summed E-state index contributed by atoms with van der Waals surface area (Å²) < 4.78 is 23.5. The Morgan fingerprint density at radius 2 is 2.32 bits per heavy atom. The van der Waals surface area contributed by atoms with Crippen molar-refractivity contribution in [1.29, 1.82) is 0 Å². The van der Waals surface area contributed by atoms with E-state index in [1.807, 2.05) is 0 Å². The molecule has 0 aliphatic heterocycles. The summed E-state index contributed by atoms with van der Waals surface area (Å²) in [5, 5.41) is 9.26. The molecule has 1 aromatic carbocycles. The normalized spacial score (nSPS) is 10.7. The second kappa shape index (κ2) is 5.38. The van der Waals surface area contributed by atoms with E-state index in [1.165, 1.54) is 19.2 Å². The Kier molecular flexibility index (Phi) is 3.82. The van der Waals surface area contributed by atoms with Crippen molar-refractivity contribution in [2.45, 2.75) is 6.61 Å². The number of carbonyl (C=O) groups is 1. The third-order valence-electron chi connectivity index (χ3n) is 2.33. The zero-order chi connectivity index (χ0) is 14.0. The molecule has 0 atom stereocenters. The van der Waals surface area contributed by atoms with Gasteiger partial charge in [0, 0.05) is 12.1 Å². The summed E-state index contributed by atoms with van der Waals surface area (Å²) in [6.45, 7) is -0.0483. The molecule has 2 rings (SSSR count). The van der Waals surface area contributed by atoms with E-state index >= 15 is 0 Å². The number of oxazole rings is 1. The van der Waals surface area contributed by atoms with E-state index in [4.69, 9.17) is 25.9 Å². The molecular formula is C12H9ClFNO4. The first-order valence-electron chi connectivity index (χ1n) is 5.20. The van der Waals surface area contributed by atoms with E-state index in [2.05, 4.69) is 4.98 Å². The van der Waals surface area contributed by atoms with Gasteiger partial charge in [-0.1, -0.05) is 11.6 Å². The smallest absolute Gasteiger partial charge is 0.373 e. The number of hydrogen-bond acceptors (Lipinski definition) is 4. The molecule has 0 aliphatic rings. The van der Waals surface area contributed by atoms with Crippen molar-refractivity contribution in [3.63, 3.8) is 0 Å². The van der Waals surface area contributed by atoms with Crippen LogP contribution in [0.5, 0.6) is 0 Å². The topological polar surface area (TPSA) is 72.6 Å². The van der Waals surface area contributed by atoms with Crippen LogP contribution in [-0.4, -0.2) is 23.2 Å². The summed E-state index contributed by atoms with van der Waals surface area (Å²) in [7, 11) is 1.39. The molecule has 7 heteroatoms. The third kappa shape index (κ3) is 2.74. The Hall–Kier alpha value is -1.92. The number of hydrogen-bond donors (Lipinski definition) is 1. The van der Waals surface area contributed by atoms with Gasteiger partial charge in [-0.15, -0.1) is 0 Å². The summed E-state index contributed by atoms with van der Waals surface area (Å²) in [4.78, 5) is 14.9. The molecule has 100 valence electrons. The van der Waals surface area contributed by atoms with Crippen molar-refractivity contribution in [1.82, 2.24) is 4.98 Å². The number of halogens is 2. The lowest BCUT2D eigenvalue weighted by atomic mass is 10.2. The Morgan fingerprint density at radius 3 is 2.95 bits per heavy atom. The molecule has 1 N–H and O–H groups in total. The summed E-state index contributed by atoms with van der Waals surface area (Å²) in [6, 6.07) is 3.83. The quantitative estimate of drug-likeness (QED) is 0.935. The molecule has 0 saturated heterocycles. The highest BCUT2D eigenvalue weighted by Gasteiger charge is 2.21. The van der Waals surface area contributed by atoms with E-state index in [1.54, 1.807) is 0 Å². The number of nitrogens with zero attached hydrogens (tertiary/aromatic N) is 1. The van der Waals surface area contributed by atoms with Crippen LogP contribution in [0.15, 0.2) is 22.6 Å². The van der Waals surface area contributed by atoms with Crippen molar-refractivity contribution in [2.75, 3.05) is 7.11 Å². The predicted molar refractivity (Wildman–Crippen MR) is 64.6 cm³/mol. The molecule has 0 fully saturated rings. The van der Waals surface area contributed by atoms with Crippen LogP contribution in [0, 0.1) is 5.82 Å². The molecule has 0 aliphatic carbocycles. The van der Waals surface area contributed by atoms with Crippen LogP contribution < -0.4 is 0 Å². The lowest BCUT2D eigenvalue weighted by molar-refractivity contribution is 0.0656. The number of carboxylic acids is 1. The van der Waals surface area contributed by atoms with Gasteiger partial charge in [0.1, 0.15) is 11.5 Å². The maximum Gasteiger partial charge on any atom is 0.373 e. The van der Waals surface area contributed by atoms with Gasteiger partial charge in [-0.3, -0.25) is 0 Å². The summed E-state index contributed by atoms with van der Waals surface area (Å²) >= 11 is 5.76. The van der Waals surface area contributed by atoms with E-state index in [0.717, 1.165) is 6.07 Å². The number of benzene rings is 1. The molecule has 0 bridgehead atoms. The zero-order valence-electron chi connectivity index (χ0n) is 9.81. The maximum atomic E-state index is 13.6. The summed E-state index contributed by atoms with van der Waals surface area (Å²) in [5.74, 6) is -2.43. The Balaban J connectivity index is 2.53. The predicted octanol–water partition coefficient (Wildman–Crippen LogP) is 2.98. The fourth-order valence-electron chi connectivity index (χ4n) is 1.53. The van der Waals surface area contributed by atoms with Gasteiger partial charge in [0.2, 0.25) is 11.7 Å². The molecule has 0 unspecified atom stereocenters. The van der Waals surface area contributed by atoms with Crippen LogP contribution in [0.3, 0.4) is 0 Å². The third-order valence-corrected chi connectivity index (χ3v) is 2.57. The molecule has 19 heavy (non-hydrogen) atoms. The van der Waals surface area contributed by atoms with Gasteiger partial charge < -0.3 is 14.3 Å². The summed E-state index contributed by atoms with van der Waals surface area (Å²) in [5.41, 5.74) is 0.0849. The first-order valence-corrected chi connectivity index (χ1v) is 5.58. The first-order chi connectivity index (χ1) is 9.02. The van der Waals surface area contributed by atoms with E-state index in [9.17, 15) is 9.18 Å². The zero-order valence-corrected chi connectivity index (χ0v) is 10.6. The second-order valence-corrected chi connectivity index (χ2v) is 4.09.